The number of hydrogen-bond acceptors (Lipinski definition) is 6. The lowest BCUT2D eigenvalue weighted by Gasteiger charge is -2.37. The van der Waals surface area contributed by atoms with Crippen LogP contribution in [0.15, 0.2) is 36.4 Å². The summed E-state index contributed by atoms with van der Waals surface area (Å²) in [5, 5.41) is 6.75. The first-order valence-electron chi connectivity index (χ1n) is 11.9. The lowest BCUT2D eigenvalue weighted by molar-refractivity contribution is 0.106. The van der Waals surface area contributed by atoms with Gasteiger partial charge in [-0.05, 0) is 56.0 Å². The summed E-state index contributed by atoms with van der Waals surface area (Å²) in [6.45, 7) is 3.12. The number of methoxy groups -OCH3 is 3. The predicted octanol–water partition coefficient (Wildman–Crippen LogP) is 4.21. The van der Waals surface area contributed by atoms with E-state index >= 15 is 0 Å². The molecule has 0 aromatic heterocycles. The number of anilines is 1. The molecule has 190 valence electrons. The number of nitrogens with zero attached hydrogens (tertiary/aromatic N) is 1. The van der Waals surface area contributed by atoms with Crippen molar-refractivity contribution in [2.75, 3.05) is 52.9 Å². The number of carbonyl (C=O) groups excluding carboxylic acids is 1. The van der Waals surface area contributed by atoms with Gasteiger partial charge >= 0.3 is 6.03 Å². The number of likely N-dealkylation sites (tertiary alicyclic amines) is 1. The van der Waals surface area contributed by atoms with E-state index in [1.165, 1.54) is 5.56 Å². The Bertz CT molecular complexity index is 970. The van der Waals surface area contributed by atoms with Crippen LogP contribution in [0.4, 0.5) is 10.5 Å². The smallest absolute Gasteiger partial charge is 0.319 e. The highest BCUT2D eigenvalue weighted by molar-refractivity contribution is 6.30. The zero-order chi connectivity index (χ0) is 24.8. The molecule has 2 saturated heterocycles. The molecular weight excluding hydrogens is 470 g/mol. The van der Waals surface area contributed by atoms with Crippen molar-refractivity contribution >= 4 is 23.3 Å². The second-order valence-corrected chi connectivity index (χ2v) is 9.47. The van der Waals surface area contributed by atoms with Crippen molar-refractivity contribution in [2.45, 2.75) is 31.3 Å². The molecule has 9 heteroatoms. The standard InChI is InChI=1S/C26H34ClN3O5/c1-32-23-13-20(14-24(33-2)25(23)34-3)28-26(31)29-21-15-35-16-22(21)30-10-8-18(9-11-30)12-17-4-6-19(27)7-5-17/h4-7,13-14,18,21-22H,8-12,15-16H2,1-3H3,(H2,28,29,31)/t21-,22-/m0/s1. The molecule has 2 aliphatic rings. The largest absolute Gasteiger partial charge is 0.493 e. The normalized spacial score (nSPS) is 20.9. The van der Waals surface area contributed by atoms with Crippen molar-refractivity contribution in [3.63, 3.8) is 0 Å². The van der Waals surface area contributed by atoms with E-state index in [0.29, 0.717) is 42.1 Å². The van der Waals surface area contributed by atoms with Crippen LogP contribution in [0.5, 0.6) is 17.2 Å². The molecule has 0 spiro atoms. The van der Waals surface area contributed by atoms with E-state index < -0.39 is 0 Å². The van der Waals surface area contributed by atoms with Crippen LogP contribution < -0.4 is 24.8 Å². The minimum absolute atomic E-state index is 0.0788. The van der Waals surface area contributed by atoms with E-state index in [2.05, 4.69) is 27.7 Å². The first-order chi connectivity index (χ1) is 17.0. The van der Waals surface area contributed by atoms with Crippen molar-refractivity contribution < 1.29 is 23.7 Å². The van der Waals surface area contributed by atoms with Crippen molar-refractivity contribution in [3.8, 4) is 17.2 Å². The molecule has 35 heavy (non-hydrogen) atoms. The number of benzene rings is 2. The molecule has 4 rings (SSSR count). The fourth-order valence-electron chi connectivity index (χ4n) is 4.97. The lowest BCUT2D eigenvalue weighted by atomic mass is 9.89. The predicted molar refractivity (Wildman–Crippen MR) is 136 cm³/mol. The highest BCUT2D eigenvalue weighted by Crippen LogP contribution is 2.40. The topological polar surface area (TPSA) is 81.3 Å². The Morgan fingerprint density at radius 1 is 1.03 bits per heavy atom. The number of carbonyl (C=O) groups is 1. The molecular formula is C26H34ClN3O5. The van der Waals surface area contributed by atoms with Crippen LogP contribution >= 0.6 is 11.6 Å². The van der Waals surface area contributed by atoms with Gasteiger partial charge in [-0.2, -0.15) is 0 Å². The first kappa shape index (κ1) is 25.4. The maximum absolute atomic E-state index is 12.8. The quantitative estimate of drug-likeness (QED) is 0.561. The molecule has 2 N–H and O–H groups in total. The molecule has 0 saturated carbocycles. The van der Waals surface area contributed by atoms with Crippen LogP contribution in [-0.4, -0.2) is 70.6 Å². The van der Waals surface area contributed by atoms with Crippen LogP contribution in [0.2, 0.25) is 5.02 Å². The summed E-state index contributed by atoms with van der Waals surface area (Å²) in [6, 6.07) is 11.4. The van der Waals surface area contributed by atoms with Gasteiger partial charge in [0.2, 0.25) is 5.75 Å². The lowest BCUT2D eigenvalue weighted by Crippen LogP contribution is -2.54. The summed E-state index contributed by atoms with van der Waals surface area (Å²) in [5.41, 5.74) is 1.88. The number of amides is 2. The van der Waals surface area contributed by atoms with Gasteiger partial charge in [-0.15, -0.1) is 0 Å². The molecule has 0 radical (unpaired) electrons. The Kier molecular flexibility index (Phi) is 8.59. The maximum Gasteiger partial charge on any atom is 0.319 e. The van der Waals surface area contributed by atoms with Gasteiger partial charge in [0.15, 0.2) is 11.5 Å². The third-order valence-electron chi connectivity index (χ3n) is 6.85. The number of halogens is 1. The number of hydrogen-bond donors (Lipinski definition) is 2. The molecule has 2 aromatic rings. The van der Waals surface area contributed by atoms with Gasteiger partial charge in [-0.3, -0.25) is 4.90 Å². The third kappa shape index (κ3) is 6.31. The zero-order valence-corrected chi connectivity index (χ0v) is 21.3. The molecule has 8 nitrogen and oxygen atoms in total. The monoisotopic (exact) mass is 503 g/mol. The first-order valence-corrected chi connectivity index (χ1v) is 12.3. The highest BCUT2D eigenvalue weighted by atomic mass is 35.5. The number of nitrogens with one attached hydrogen (secondary N) is 2. The van der Waals surface area contributed by atoms with Crippen molar-refractivity contribution in [1.82, 2.24) is 10.2 Å². The summed E-state index contributed by atoms with van der Waals surface area (Å²) < 4.78 is 21.9. The van der Waals surface area contributed by atoms with Gasteiger partial charge < -0.3 is 29.6 Å². The molecule has 2 amide bonds. The average Bonchev–Trinajstić information content (AvgIpc) is 3.33. The minimum atomic E-state index is -0.294. The van der Waals surface area contributed by atoms with Crippen molar-refractivity contribution in [2.24, 2.45) is 5.92 Å². The fraction of sp³-hybridized carbons (Fsp3) is 0.500. The second kappa shape index (κ2) is 11.8. The molecule has 2 aliphatic heterocycles. The van der Waals surface area contributed by atoms with E-state index in [9.17, 15) is 4.79 Å². The minimum Gasteiger partial charge on any atom is -0.493 e. The molecule has 2 fully saturated rings. The third-order valence-corrected chi connectivity index (χ3v) is 7.10. The van der Waals surface area contributed by atoms with Crippen molar-refractivity contribution in [1.29, 1.82) is 0 Å². The van der Waals surface area contributed by atoms with Crippen LogP contribution in [0.3, 0.4) is 0 Å². The molecule has 2 atom stereocenters. The highest BCUT2D eigenvalue weighted by Gasteiger charge is 2.36. The van der Waals surface area contributed by atoms with E-state index in [1.807, 2.05) is 12.1 Å². The van der Waals surface area contributed by atoms with Crippen LogP contribution in [0, 0.1) is 5.92 Å². The van der Waals surface area contributed by atoms with Crippen LogP contribution in [-0.2, 0) is 11.2 Å². The van der Waals surface area contributed by atoms with Gasteiger partial charge in [0.1, 0.15) is 0 Å². The molecule has 2 aromatic carbocycles. The van der Waals surface area contributed by atoms with Gasteiger partial charge in [-0.1, -0.05) is 23.7 Å². The van der Waals surface area contributed by atoms with E-state index in [4.69, 9.17) is 30.5 Å². The summed E-state index contributed by atoms with van der Waals surface area (Å²) >= 11 is 6.01. The number of rotatable bonds is 8. The number of piperidine rings is 1. The van der Waals surface area contributed by atoms with Gasteiger partial charge in [0.25, 0.3) is 0 Å². The van der Waals surface area contributed by atoms with Gasteiger partial charge in [-0.25, -0.2) is 4.79 Å². The Hall–Kier alpha value is -2.68. The SMILES string of the molecule is COc1cc(NC(=O)N[C@H]2COC[C@@H]2N2CCC(Cc3ccc(Cl)cc3)CC2)cc(OC)c1OC. The second-order valence-electron chi connectivity index (χ2n) is 9.03. The molecule has 0 unspecified atom stereocenters. The fourth-order valence-corrected chi connectivity index (χ4v) is 5.10. The molecule has 0 bridgehead atoms. The molecule has 2 heterocycles. The van der Waals surface area contributed by atoms with Crippen LogP contribution in [0.25, 0.3) is 0 Å². The number of urea groups is 1. The summed E-state index contributed by atoms with van der Waals surface area (Å²) in [7, 11) is 4.63. The van der Waals surface area contributed by atoms with Gasteiger partial charge in [0, 0.05) is 17.2 Å². The van der Waals surface area contributed by atoms with Gasteiger partial charge in [0.05, 0.1) is 52.3 Å². The summed E-state index contributed by atoms with van der Waals surface area (Å²) in [5.74, 6) is 2.09. The van der Waals surface area contributed by atoms with E-state index in [-0.39, 0.29) is 18.1 Å². The Labute approximate surface area is 211 Å². The Balaban J connectivity index is 1.31. The van der Waals surface area contributed by atoms with E-state index in [1.54, 1.807) is 33.5 Å². The summed E-state index contributed by atoms with van der Waals surface area (Å²) in [6.07, 6.45) is 3.33. The van der Waals surface area contributed by atoms with E-state index in [0.717, 1.165) is 37.4 Å². The molecule has 0 aliphatic carbocycles. The number of ether oxygens (including phenoxy) is 4. The Morgan fingerprint density at radius 2 is 1.69 bits per heavy atom. The summed E-state index contributed by atoms with van der Waals surface area (Å²) in [4.78, 5) is 15.3. The maximum atomic E-state index is 12.8. The average molecular weight is 504 g/mol. The Morgan fingerprint density at radius 3 is 2.29 bits per heavy atom. The van der Waals surface area contributed by atoms with Crippen molar-refractivity contribution in [3.05, 3.63) is 47.0 Å². The zero-order valence-electron chi connectivity index (χ0n) is 20.5. The van der Waals surface area contributed by atoms with Crippen LogP contribution in [0.1, 0.15) is 18.4 Å².